The average molecular weight is 342 g/mol. The second-order valence-corrected chi connectivity index (χ2v) is 6.05. The number of halogens is 1. The largest absolute Gasteiger partial charge is 0.450 e. The van der Waals surface area contributed by atoms with Gasteiger partial charge in [-0.3, -0.25) is 4.79 Å². The monoisotopic (exact) mass is 341 g/mol. The Hall–Kier alpha value is -1.82. The van der Waals surface area contributed by atoms with Crippen molar-refractivity contribution >= 4 is 23.6 Å². The van der Waals surface area contributed by atoms with Crippen LogP contribution in [-0.2, 0) is 16.0 Å². The lowest BCUT2D eigenvalue weighted by molar-refractivity contribution is -0.120. The first kappa shape index (κ1) is 19.2. The van der Waals surface area contributed by atoms with E-state index in [4.69, 9.17) is 16.3 Å². The number of amides is 2. The molecule has 0 aromatic carbocycles. The number of rotatable bonds is 8. The van der Waals surface area contributed by atoms with Crippen molar-refractivity contribution in [2.45, 2.75) is 39.7 Å². The number of hydrogen-bond acceptors (Lipinski definition) is 4. The Morgan fingerprint density at radius 1 is 1.35 bits per heavy atom. The van der Waals surface area contributed by atoms with E-state index in [-0.39, 0.29) is 18.4 Å². The summed E-state index contributed by atoms with van der Waals surface area (Å²) in [4.78, 5) is 27.5. The van der Waals surface area contributed by atoms with Crippen LogP contribution in [0.3, 0.4) is 0 Å². The Morgan fingerprint density at radius 3 is 2.65 bits per heavy atom. The third-order valence-electron chi connectivity index (χ3n) is 3.05. The van der Waals surface area contributed by atoms with Gasteiger partial charge in [0.25, 0.3) is 0 Å². The third-order valence-corrected chi connectivity index (χ3v) is 3.28. The second-order valence-electron chi connectivity index (χ2n) is 5.66. The average Bonchev–Trinajstić information content (AvgIpc) is 2.47. The van der Waals surface area contributed by atoms with Gasteiger partial charge in [0.2, 0.25) is 5.91 Å². The fraction of sp³-hybridized carbons (Fsp3) is 0.562. The summed E-state index contributed by atoms with van der Waals surface area (Å²) in [6, 6.07) is 3.24. The van der Waals surface area contributed by atoms with E-state index >= 15 is 0 Å². The summed E-state index contributed by atoms with van der Waals surface area (Å²) in [7, 11) is 0. The molecule has 1 atom stereocenters. The summed E-state index contributed by atoms with van der Waals surface area (Å²) < 4.78 is 4.88. The molecule has 0 radical (unpaired) electrons. The maximum Gasteiger partial charge on any atom is 0.407 e. The smallest absolute Gasteiger partial charge is 0.407 e. The predicted octanol–water partition coefficient (Wildman–Crippen LogP) is 2.55. The Kier molecular flexibility index (Phi) is 8.40. The first-order chi connectivity index (χ1) is 10.9. The van der Waals surface area contributed by atoms with Crippen LogP contribution in [0.15, 0.2) is 18.3 Å². The van der Waals surface area contributed by atoms with Gasteiger partial charge in [-0.25, -0.2) is 9.78 Å². The molecule has 0 saturated carbocycles. The van der Waals surface area contributed by atoms with E-state index in [1.165, 1.54) is 0 Å². The normalized spacial score (nSPS) is 11.9. The Morgan fingerprint density at radius 2 is 2.09 bits per heavy atom. The molecule has 23 heavy (non-hydrogen) atoms. The van der Waals surface area contributed by atoms with Crippen LogP contribution in [0.25, 0.3) is 0 Å². The molecule has 0 fully saturated rings. The molecule has 1 aromatic heterocycles. The summed E-state index contributed by atoms with van der Waals surface area (Å²) in [5, 5.41) is 5.99. The van der Waals surface area contributed by atoms with E-state index in [0.717, 1.165) is 12.0 Å². The van der Waals surface area contributed by atoms with E-state index in [1.54, 1.807) is 25.3 Å². The highest BCUT2D eigenvalue weighted by atomic mass is 35.5. The first-order valence-electron chi connectivity index (χ1n) is 7.71. The minimum Gasteiger partial charge on any atom is -0.450 e. The number of nitrogens with zero attached hydrogens (tertiary/aromatic N) is 1. The standard InChI is InChI=1S/C16H24ClN3O3/c1-4-23-16(22)20-13(7-11(2)3)10-19-15(21)8-12-5-6-14(17)18-9-12/h5-6,9,11,13H,4,7-8,10H2,1-3H3,(H,19,21)(H,20,22). The highest BCUT2D eigenvalue weighted by Crippen LogP contribution is 2.07. The van der Waals surface area contributed by atoms with Crippen LogP contribution in [0.1, 0.15) is 32.8 Å². The number of nitrogens with one attached hydrogen (secondary N) is 2. The summed E-state index contributed by atoms with van der Waals surface area (Å²) in [5.74, 6) is 0.257. The summed E-state index contributed by atoms with van der Waals surface area (Å²) in [6.45, 7) is 6.54. The molecule has 1 unspecified atom stereocenters. The van der Waals surface area contributed by atoms with Crippen molar-refractivity contribution in [2.24, 2.45) is 5.92 Å². The molecule has 1 heterocycles. The van der Waals surface area contributed by atoms with Crippen molar-refractivity contribution in [2.75, 3.05) is 13.2 Å². The topological polar surface area (TPSA) is 80.3 Å². The molecule has 7 heteroatoms. The lowest BCUT2D eigenvalue weighted by atomic mass is 10.0. The Bertz CT molecular complexity index is 506. The highest BCUT2D eigenvalue weighted by molar-refractivity contribution is 6.29. The number of ether oxygens (including phenoxy) is 1. The van der Waals surface area contributed by atoms with Crippen molar-refractivity contribution in [3.05, 3.63) is 29.0 Å². The van der Waals surface area contributed by atoms with Crippen LogP contribution in [-0.4, -0.2) is 36.2 Å². The molecule has 0 saturated heterocycles. The zero-order valence-corrected chi connectivity index (χ0v) is 14.5. The maximum atomic E-state index is 12.0. The molecular weight excluding hydrogens is 318 g/mol. The highest BCUT2D eigenvalue weighted by Gasteiger charge is 2.16. The molecule has 0 spiro atoms. The molecule has 0 aliphatic heterocycles. The van der Waals surface area contributed by atoms with Crippen LogP contribution in [0.2, 0.25) is 5.15 Å². The molecule has 2 amide bonds. The number of alkyl carbamates (subject to hydrolysis) is 1. The fourth-order valence-electron chi connectivity index (χ4n) is 2.10. The molecule has 0 bridgehead atoms. The zero-order chi connectivity index (χ0) is 17.2. The van der Waals surface area contributed by atoms with E-state index in [0.29, 0.717) is 24.2 Å². The molecule has 2 N–H and O–H groups in total. The van der Waals surface area contributed by atoms with Crippen molar-refractivity contribution in [1.82, 2.24) is 15.6 Å². The van der Waals surface area contributed by atoms with Gasteiger partial charge >= 0.3 is 6.09 Å². The fourth-order valence-corrected chi connectivity index (χ4v) is 2.21. The molecule has 0 aliphatic rings. The summed E-state index contributed by atoms with van der Waals surface area (Å²) in [5.41, 5.74) is 0.783. The number of carbonyl (C=O) groups is 2. The zero-order valence-electron chi connectivity index (χ0n) is 13.8. The van der Waals surface area contributed by atoms with Crippen LogP contribution < -0.4 is 10.6 Å². The number of hydrogen-bond donors (Lipinski definition) is 2. The van der Waals surface area contributed by atoms with Gasteiger partial charge in [-0.1, -0.05) is 31.5 Å². The third kappa shape index (κ3) is 8.40. The van der Waals surface area contributed by atoms with Crippen LogP contribution in [0, 0.1) is 5.92 Å². The number of carbonyl (C=O) groups excluding carboxylic acids is 2. The van der Waals surface area contributed by atoms with Gasteiger partial charge in [-0.05, 0) is 30.9 Å². The Balaban J connectivity index is 2.47. The SMILES string of the molecule is CCOC(=O)NC(CNC(=O)Cc1ccc(Cl)nc1)CC(C)C. The van der Waals surface area contributed by atoms with Gasteiger partial charge in [0.05, 0.1) is 13.0 Å². The minimum atomic E-state index is -0.464. The molecule has 6 nitrogen and oxygen atoms in total. The molecule has 1 aromatic rings. The second kappa shape index (κ2) is 10.0. The molecule has 0 aliphatic carbocycles. The van der Waals surface area contributed by atoms with Crippen LogP contribution in [0.4, 0.5) is 4.79 Å². The van der Waals surface area contributed by atoms with Gasteiger partial charge in [0.15, 0.2) is 0 Å². The summed E-state index contributed by atoms with van der Waals surface area (Å²) in [6.07, 6.45) is 2.08. The number of pyridine rings is 1. The molecule has 128 valence electrons. The van der Waals surface area contributed by atoms with Crippen LogP contribution >= 0.6 is 11.6 Å². The van der Waals surface area contributed by atoms with Crippen molar-refractivity contribution in [1.29, 1.82) is 0 Å². The first-order valence-corrected chi connectivity index (χ1v) is 8.09. The van der Waals surface area contributed by atoms with Crippen molar-refractivity contribution < 1.29 is 14.3 Å². The van der Waals surface area contributed by atoms with Crippen molar-refractivity contribution in [3.63, 3.8) is 0 Å². The Labute approximate surface area is 142 Å². The van der Waals surface area contributed by atoms with Gasteiger partial charge in [-0.15, -0.1) is 0 Å². The van der Waals surface area contributed by atoms with E-state index in [1.807, 2.05) is 0 Å². The lowest BCUT2D eigenvalue weighted by Crippen LogP contribution is -2.44. The predicted molar refractivity (Wildman–Crippen MR) is 89.4 cm³/mol. The summed E-state index contributed by atoms with van der Waals surface area (Å²) >= 11 is 5.71. The van der Waals surface area contributed by atoms with Gasteiger partial charge in [0.1, 0.15) is 5.15 Å². The quantitative estimate of drug-likeness (QED) is 0.712. The minimum absolute atomic E-state index is 0.131. The van der Waals surface area contributed by atoms with E-state index < -0.39 is 6.09 Å². The van der Waals surface area contributed by atoms with E-state index in [9.17, 15) is 9.59 Å². The lowest BCUT2D eigenvalue weighted by Gasteiger charge is -2.20. The number of aromatic nitrogens is 1. The van der Waals surface area contributed by atoms with Gasteiger partial charge < -0.3 is 15.4 Å². The maximum absolute atomic E-state index is 12.0. The van der Waals surface area contributed by atoms with E-state index in [2.05, 4.69) is 29.5 Å². The van der Waals surface area contributed by atoms with Gasteiger partial charge in [0, 0.05) is 18.8 Å². The van der Waals surface area contributed by atoms with Gasteiger partial charge in [-0.2, -0.15) is 0 Å². The molecule has 1 rings (SSSR count). The van der Waals surface area contributed by atoms with Crippen molar-refractivity contribution in [3.8, 4) is 0 Å². The molecular formula is C16H24ClN3O3. The van der Waals surface area contributed by atoms with Crippen LogP contribution in [0.5, 0.6) is 0 Å².